The molecule has 17 heavy (non-hydrogen) atoms. The second-order valence-electron chi connectivity index (χ2n) is 3.54. The number of ether oxygens (including phenoxy) is 1. The van der Waals surface area contributed by atoms with Crippen LogP contribution in [0.25, 0.3) is 0 Å². The molecule has 0 fully saturated rings. The molecule has 94 valence electrons. The maximum atomic E-state index is 11.3. The van der Waals surface area contributed by atoms with Gasteiger partial charge in [0.1, 0.15) is 11.9 Å². The lowest BCUT2D eigenvalue weighted by molar-refractivity contribution is -0.142. The molecule has 0 amide bonds. The van der Waals surface area contributed by atoms with Crippen molar-refractivity contribution in [2.45, 2.75) is 6.04 Å². The molecule has 7 heteroatoms. The third-order valence-electron chi connectivity index (χ3n) is 2.03. The van der Waals surface area contributed by atoms with Crippen LogP contribution < -0.4 is 10.2 Å². The molecule has 0 spiro atoms. The molecule has 7 nitrogen and oxygen atoms in total. The van der Waals surface area contributed by atoms with Crippen molar-refractivity contribution in [2.75, 3.05) is 38.0 Å². The first-order valence-electron chi connectivity index (χ1n) is 5.04. The van der Waals surface area contributed by atoms with E-state index in [2.05, 4.69) is 20.0 Å². The molecular weight excluding hydrogens is 224 g/mol. The van der Waals surface area contributed by atoms with Gasteiger partial charge in [-0.1, -0.05) is 0 Å². The van der Waals surface area contributed by atoms with Crippen LogP contribution in [0.3, 0.4) is 0 Å². The number of carbonyl (C=O) groups is 1. The second-order valence-corrected chi connectivity index (χ2v) is 3.54. The lowest BCUT2D eigenvalue weighted by atomic mass is 10.3. The highest BCUT2D eigenvalue weighted by molar-refractivity contribution is 5.78. The molecule has 0 aromatic carbocycles. The zero-order valence-electron chi connectivity index (χ0n) is 10.0. The van der Waals surface area contributed by atoms with E-state index in [0.29, 0.717) is 11.8 Å². The first-order valence-corrected chi connectivity index (χ1v) is 5.04. The predicted octanol–water partition coefficient (Wildman–Crippen LogP) is -0.512. The summed E-state index contributed by atoms with van der Waals surface area (Å²) in [4.78, 5) is 21.2. The number of rotatable bonds is 5. The van der Waals surface area contributed by atoms with Gasteiger partial charge in [-0.15, -0.1) is 0 Å². The highest BCUT2D eigenvalue weighted by atomic mass is 16.5. The number of hydrogen-bond donors (Lipinski definition) is 2. The molecule has 0 saturated carbocycles. The molecule has 1 rings (SSSR count). The van der Waals surface area contributed by atoms with Gasteiger partial charge in [0.25, 0.3) is 0 Å². The van der Waals surface area contributed by atoms with E-state index in [4.69, 9.17) is 5.11 Å². The van der Waals surface area contributed by atoms with Gasteiger partial charge in [0.15, 0.2) is 0 Å². The minimum Gasteiger partial charge on any atom is -0.467 e. The molecule has 1 heterocycles. The van der Waals surface area contributed by atoms with Gasteiger partial charge in [-0.25, -0.2) is 9.78 Å². The number of anilines is 2. The first-order chi connectivity index (χ1) is 8.08. The molecule has 0 aliphatic rings. The van der Waals surface area contributed by atoms with Gasteiger partial charge in [0.05, 0.1) is 13.7 Å². The number of aliphatic hydroxyl groups excluding tert-OH is 1. The standard InChI is InChI=1S/C10H16N4O3/c1-14(2)10-11-5-4-8(13-10)12-7(6-15)9(16)17-3/h4-5,7,15H,6H2,1-3H3,(H,11,12,13). The average molecular weight is 240 g/mol. The topological polar surface area (TPSA) is 87.6 Å². The van der Waals surface area contributed by atoms with Crippen molar-refractivity contribution < 1.29 is 14.6 Å². The molecule has 1 aromatic rings. The Morgan fingerprint density at radius 2 is 2.35 bits per heavy atom. The largest absolute Gasteiger partial charge is 0.467 e. The Kier molecular flexibility index (Phi) is 4.65. The SMILES string of the molecule is COC(=O)C(CO)Nc1ccnc(N(C)C)n1. The van der Waals surface area contributed by atoms with Gasteiger partial charge in [-0.05, 0) is 6.07 Å². The number of nitrogens with one attached hydrogen (secondary N) is 1. The molecule has 0 bridgehead atoms. The fourth-order valence-corrected chi connectivity index (χ4v) is 1.14. The number of hydrogen-bond acceptors (Lipinski definition) is 7. The van der Waals surface area contributed by atoms with Crippen LogP contribution in [0.5, 0.6) is 0 Å². The minimum atomic E-state index is -0.829. The number of carbonyl (C=O) groups excluding carboxylic acids is 1. The third-order valence-corrected chi connectivity index (χ3v) is 2.03. The number of esters is 1. The summed E-state index contributed by atoms with van der Waals surface area (Å²) >= 11 is 0. The van der Waals surface area contributed by atoms with E-state index in [1.807, 2.05) is 14.1 Å². The molecule has 1 atom stereocenters. The molecule has 0 saturated heterocycles. The van der Waals surface area contributed by atoms with Crippen molar-refractivity contribution in [1.82, 2.24) is 9.97 Å². The van der Waals surface area contributed by atoms with Crippen molar-refractivity contribution in [3.63, 3.8) is 0 Å². The van der Waals surface area contributed by atoms with Gasteiger partial charge in [-0.3, -0.25) is 0 Å². The van der Waals surface area contributed by atoms with Crippen LogP contribution in [0.15, 0.2) is 12.3 Å². The Hall–Kier alpha value is -1.89. The summed E-state index contributed by atoms with van der Waals surface area (Å²) < 4.78 is 4.54. The van der Waals surface area contributed by atoms with Crippen molar-refractivity contribution in [2.24, 2.45) is 0 Å². The van der Waals surface area contributed by atoms with Crippen molar-refractivity contribution in [3.05, 3.63) is 12.3 Å². The molecule has 0 aliphatic heterocycles. The van der Waals surface area contributed by atoms with E-state index in [1.165, 1.54) is 7.11 Å². The van der Waals surface area contributed by atoms with Gasteiger partial charge in [0, 0.05) is 20.3 Å². The Labute approximate surface area is 99.4 Å². The quantitative estimate of drug-likeness (QED) is 0.670. The summed E-state index contributed by atoms with van der Waals surface area (Å²) in [5.74, 6) is 0.419. The molecule has 2 N–H and O–H groups in total. The highest BCUT2D eigenvalue weighted by Crippen LogP contribution is 2.09. The second kappa shape index (κ2) is 6.00. The Morgan fingerprint density at radius 1 is 1.65 bits per heavy atom. The highest BCUT2D eigenvalue weighted by Gasteiger charge is 2.18. The van der Waals surface area contributed by atoms with Crippen LogP contribution in [0.4, 0.5) is 11.8 Å². The Morgan fingerprint density at radius 3 is 2.88 bits per heavy atom. The summed E-state index contributed by atoms with van der Waals surface area (Å²) in [5.41, 5.74) is 0. The number of aliphatic hydroxyl groups is 1. The summed E-state index contributed by atoms with van der Waals surface area (Å²) in [6.45, 7) is -0.367. The Balaban J connectivity index is 2.79. The van der Waals surface area contributed by atoms with Crippen LogP contribution in [-0.2, 0) is 9.53 Å². The van der Waals surface area contributed by atoms with Crippen LogP contribution in [0.2, 0.25) is 0 Å². The van der Waals surface area contributed by atoms with Gasteiger partial charge < -0.3 is 20.1 Å². The maximum absolute atomic E-state index is 11.3. The summed E-state index contributed by atoms with van der Waals surface area (Å²) in [5, 5.41) is 11.8. The molecular formula is C10H16N4O3. The average Bonchev–Trinajstić information content (AvgIpc) is 2.35. The summed E-state index contributed by atoms with van der Waals surface area (Å²) in [6.07, 6.45) is 1.57. The van der Waals surface area contributed by atoms with E-state index in [0.717, 1.165) is 0 Å². The molecule has 1 aromatic heterocycles. The molecule has 0 aliphatic carbocycles. The van der Waals surface area contributed by atoms with Crippen LogP contribution in [0, 0.1) is 0 Å². The maximum Gasteiger partial charge on any atom is 0.330 e. The zero-order valence-corrected chi connectivity index (χ0v) is 10.0. The van der Waals surface area contributed by atoms with E-state index in [-0.39, 0.29) is 6.61 Å². The third kappa shape index (κ3) is 3.56. The van der Waals surface area contributed by atoms with Crippen molar-refractivity contribution >= 4 is 17.7 Å². The monoisotopic (exact) mass is 240 g/mol. The van der Waals surface area contributed by atoms with Crippen LogP contribution in [0.1, 0.15) is 0 Å². The number of nitrogens with zero attached hydrogens (tertiary/aromatic N) is 3. The zero-order chi connectivity index (χ0) is 12.8. The Bertz CT molecular complexity index is 384. The lowest BCUT2D eigenvalue weighted by Gasteiger charge is -2.16. The normalized spacial score (nSPS) is 11.8. The lowest BCUT2D eigenvalue weighted by Crippen LogP contribution is -2.34. The van der Waals surface area contributed by atoms with E-state index in [9.17, 15) is 4.79 Å². The summed E-state index contributed by atoms with van der Waals surface area (Å²) in [6, 6.07) is 0.781. The smallest absolute Gasteiger partial charge is 0.330 e. The van der Waals surface area contributed by atoms with Crippen LogP contribution >= 0.6 is 0 Å². The van der Waals surface area contributed by atoms with Crippen molar-refractivity contribution in [1.29, 1.82) is 0 Å². The minimum absolute atomic E-state index is 0.367. The number of aromatic nitrogens is 2. The van der Waals surface area contributed by atoms with Crippen molar-refractivity contribution in [3.8, 4) is 0 Å². The van der Waals surface area contributed by atoms with Gasteiger partial charge >= 0.3 is 5.97 Å². The van der Waals surface area contributed by atoms with E-state index in [1.54, 1.807) is 17.2 Å². The van der Waals surface area contributed by atoms with Gasteiger partial charge in [-0.2, -0.15) is 4.98 Å². The fourth-order valence-electron chi connectivity index (χ4n) is 1.14. The van der Waals surface area contributed by atoms with Gasteiger partial charge in [0.2, 0.25) is 5.95 Å². The van der Waals surface area contributed by atoms with E-state index >= 15 is 0 Å². The summed E-state index contributed by atoms with van der Waals surface area (Å²) in [7, 11) is 4.88. The first kappa shape index (κ1) is 13.2. The van der Waals surface area contributed by atoms with E-state index < -0.39 is 12.0 Å². The molecule has 1 unspecified atom stereocenters. The van der Waals surface area contributed by atoms with Crippen LogP contribution in [-0.4, -0.2) is 54.9 Å². The fraction of sp³-hybridized carbons (Fsp3) is 0.500. The molecule has 0 radical (unpaired) electrons. The number of methoxy groups -OCH3 is 1. The predicted molar refractivity (Wildman–Crippen MR) is 62.9 cm³/mol.